The number of para-hydroxylation sites is 2. The van der Waals surface area contributed by atoms with E-state index in [-0.39, 0.29) is 5.91 Å². The van der Waals surface area contributed by atoms with Crippen molar-refractivity contribution in [3.05, 3.63) is 64.8 Å². The molecule has 1 aliphatic rings. The number of fused-ring (bicyclic) bond motifs is 2. The van der Waals surface area contributed by atoms with Crippen molar-refractivity contribution in [2.75, 3.05) is 11.4 Å². The number of carbonyl (C=O) groups excluding carboxylic acids is 1. The fraction of sp³-hybridized carbons (Fsp3) is 0.118. The summed E-state index contributed by atoms with van der Waals surface area (Å²) in [6, 6.07) is 15.7. The summed E-state index contributed by atoms with van der Waals surface area (Å²) >= 11 is 6.38. The van der Waals surface area contributed by atoms with Gasteiger partial charge in [-0.3, -0.25) is 4.79 Å². The molecule has 0 saturated carbocycles. The highest BCUT2D eigenvalue weighted by Crippen LogP contribution is 2.32. The SMILES string of the molecule is O=C(c1[nH]c2ccccc2c1Cl)N1CCc2ccccc21. The summed E-state index contributed by atoms with van der Waals surface area (Å²) in [6.45, 7) is 0.698. The van der Waals surface area contributed by atoms with Gasteiger partial charge in [-0.15, -0.1) is 0 Å². The maximum absolute atomic E-state index is 12.8. The minimum Gasteiger partial charge on any atom is -0.349 e. The zero-order valence-corrected chi connectivity index (χ0v) is 12.0. The molecule has 3 nitrogen and oxygen atoms in total. The quantitative estimate of drug-likeness (QED) is 0.723. The Kier molecular flexibility index (Phi) is 2.76. The van der Waals surface area contributed by atoms with Gasteiger partial charge in [-0.1, -0.05) is 48.0 Å². The minimum atomic E-state index is -0.0684. The fourth-order valence-electron chi connectivity index (χ4n) is 2.94. The van der Waals surface area contributed by atoms with Crippen LogP contribution in [0.3, 0.4) is 0 Å². The minimum absolute atomic E-state index is 0.0684. The van der Waals surface area contributed by atoms with Gasteiger partial charge in [0.05, 0.1) is 5.02 Å². The van der Waals surface area contributed by atoms with Crippen LogP contribution in [0.1, 0.15) is 16.1 Å². The van der Waals surface area contributed by atoms with E-state index in [0.29, 0.717) is 17.3 Å². The average Bonchev–Trinajstić information content (AvgIpc) is 3.09. The third-order valence-corrected chi connectivity index (χ3v) is 4.38. The van der Waals surface area contributed by atoms with Crippen LogP contribution in [0.5, 0.6) is 0 Å². The maximum atomic E-state index is 12.8. The Morgan fingerprint density at radius 2 is 1.86 bits per heavy atom. The zero-order valence-electron chi connectivity index (χ0n) is 11.3. The lowest BCUT2D eigenvalue weighted by Gasteiger charge is -2.16. The molecule has 1 N–H and O–H groups in total. The molecular weight excluding hydrogens is 284 g/mol. The Hall–Kier alpha value is -2.26. The second-order valence-corrected chi connectivity index (χ2v) is 5.57. The lowest BCUT2D eigenvalue weighted by atomic mass is 10.2. The molecule has 0 saturated heterocycles. The molecule has 3 aromatic rings. The summed E-state index contributed by atoms with van der Waals surface area (Å²) in [4.78, 5) is 17.8. The first-order valence-corrected chi connectivity index (χ1v) is 7.29. The van der Waals surface area contributed by atoms with Gasteiger partial charge in [-0.2, -0.15) is 0 Å². The maximum Gasteiger partial charge on any atom is 0.276 e. The van der Waals surface area contributed by atoms with Crippen LogP contribution < -0.4 is 4.90 Å². The molecule has 1 amide bonds. The Balaban J connectivity index is 1.80. The number of halogens is 1. The van der Waals surface area contributed by atoms with Crippen LogP contribution in [0.2, 0.25) is 5.02 Å². The van der Waals surface area contributed by atoms with Crippen molar-refractivity contribution < 1.29 is 4.79 Å². The van der Waals surface area contributed by atoms with Crippen molar-refractivity contribution >= 4 is 34.1 Å². The normalized spacial score (nSPS) is 13.7. The summed E-state index contributed by atoms with van der Waals surface area (Å²) in [6.07, 6.45) is 0.889. The summed E-state index contributed by atoms with van der Waals surface area (Å²) in [5.41, 5.74) is 3.54. The van der Waals surface area contributed by atoms with Crippen LogP contribution in [0.25, 0.3) is 10.9 Å². The van der Waals surface area contributed by atoms with E-state index >= 15 is 0 Å². The molecule has 0 radical (unpaired) electrons. The highest BCUT2D eigenvalue weighted by Gasteiger charge is 2.28. The van der Waals surface area contributed by atoms with Crippen molar-refractivity contribution in [1.29, 1.82) is 0 Å². The van der Waals surface area contributed by atoms with Gasteiger partial charge in [-0.05, 0) is 24.1 Å². The van der Waals surface area contributed by atoms with E-state index in [1.54, 1.807) is 4.90 Å². The van der Waals surface area contributed by atoms with Gasteiger partial charge < -0.3 is 9.88 Å². The third kappa shape index (κ3) is 1.85. The molecule has 0 unspecified atom stereocenters. The smallest absolute Gasteiger partial charge is 0.276 e. The molecule has 0 atom stereocenters. The van der Waals surface area contributed by atoms with Crippen molar-refractivity contribution in [2.24, 2.45) is 0 Å². The standard InChI is InChI=1S/C17H13ClN2O/c18-15-12-6-2-3-7-13(12)19-16(15)17(21)20-10-9-11-5-1-4-8-14(11)20/h1-8,19H,9-10H2. The molecule has 104 valence electrons. The summed E-state index contributed by atoms with van der Waals surface area (Å²) in [5.74, 6) is -0.0684. The Labute approximate surface area is 127 Å². The molecule has 0 spiro atoms. The molecule has 0 fully saturated rings. The molecule has 0 aliphatic carbocycles. The van der Waals surface area contributed by atoms with Crippen LogP contribution in [0.15, 0.2) is 48.5 Å². The summed E-state index contributed by atoms with van der Waals surface area (Å²) in [7, 11) is 0. The Morgan fingerprint density at radius 3 is 2.71 bits per heavy atom. The zero-order chi connectivity index (χ0) is 14.4. The highest BCUT2D eigenvalue weighted by atomic mass is 35.5. The molecule has 0 bridgehead atoms. The van der Waals surface area contributed by atoms with E-state index in [4.69, 9.17) is 11.6 Å². The Morgan fingerprint density at radius 1 is 1.10 bits per heavy atom. The van der Waals surface area contributed by atoms with Gasteiger partial charge in [0.1, 0.15) is 5.69 Å². The van der Waals surface area contributed by atoms with Gasteiger partial charge in [0.25, 0.3) is 5.91 Å². The number of nitrogens with zero attached hydrogens (tertiary/aromatic N) is 1. The lowest BCUT2D eigenvalue weighted by molar-refractivity contribution is 0.0985. The Bertz CT molecular complexity index is 853. The molecule has 1 aromatic heterocycles. The number of hydrogen-bond acceptors (Lipinski definition) is 1. The second-order valence-electron chi connectivity index (χ2n) is 5.20. The van der Waals surface area contributed by atoms with Crippen LogP contribution in [-0.4, -0.2) is 17.4 Å². The first kappa shape index (κ1) is 12.5. The first-order valence-electron chi connectivity index (χ1n) is 6.91. The van der Waals surface area contributed by atoms with E-state index in [0.717, 1.165) is 23.0 Å². The number of benzene rings is 2. The molecule has 1 aliphatic heterocycles. The van der Waals surface area contributed by atoms with Gasteiger partial charge in [0, 0.05) is 23.1 Å². The van der Waals surface area contributed by atoms with Gasteiger partial charge in [0.2, 0.25) is 0 Å². The van der Waals surface area contributed by atoms with E-state index in [9.17, 15) is 4.79 Å². The monoisotopic (exact) mass is 296 g/mol. The summed E-state index contributed by atoms with van der Waals surface area (Å²) < 4.78 is 0. The van der Waals surface area contributed by atoms with Crippen LogP contribution in [0.4, 0.5) is 5.69 Å². The van der Waals surface area contributed by atoms with E-state index < -0.39 is 0 Å². The number of aromatic amines is 1. The topological polar surface area (TPSA) is 36.1 Å². The predicted octanol–water partition coefficient (Wildman–Crippen LogP) is 4.02. The molecule has 2 aromatic carbocycles. The number of carbonyl (C=O) groups is 1. The largest absolute Gasteiger partial charge is 0.349 e. The van der Waals surface area contributed by atoms with Crippen molar-refractivity contribution in [3.8, 4) is 0 Å². The number of nitrogens with one attached hydrogen (secondary N) is 1. The number of H-pyrrole nitrogens is 1. The van der Waals surface area contributed by atoms with Gasteiger partial charge in [-0.25, -0.2) is 0 Å². The molecule has 21 heavy (non-hydrogen) atoms. The number of aromatic nitrogens is 1. The first-order chi connectivity index (χ1) is 10.3. The van der Waals surface area contributed by atoms with E-state index in [2.05, 4.69) is 11.1 Å². The lowest BCUT2D eigenvalue weighted by Crippen LogP contribution is -2.29. The number of hydrogen-bond donors (Lipinski definition) is 1. The molecule has 4 rings (SSSR count). The average molecular weight is 297 g/mol. The van der Waals surface area contributed by atoms with Crippen LogP contribution in [0, 0.1) is 0 Å². The van der Waals surface area contributed by atoms with Crippen molar-refractivity contribution in [3.63, 3.8) is 0 Å². The van der Waals surface area contributed by atoms with E-state index in [1.165, 1.54) is 5.56 Å². The van der Waals surface area contributed by atoms with Crippen molar-refractivity contribution in [2.45, 2.75) is 6.42 Å². The third-order valence-electron chi connectivity index (χ3n) is 3.99. The number of rotatable bonds is 1. The van der Waals surface area contributed by atoms with Crippen LogP contribution >= 0.6 is 11.6 Å². The summed E-state index contributed by atoms with van der Waals surface area (Å²) in [5, 5.41) is 1.38. The molecule has 2 heterocycles. The second kappa shape index (κ2) is 4.64. The van der Waals surface area contributed by atoms with Crippen LogP contribution in [-0.2, 0) is 6.42 Å². The number of anilines is 1. The molecular formula is C17H13ClN2O. The van der Waals surface area contributed by atoms with Crippen molar-refractivity contribution in [1.82, 2.24) is 4.98 Å². The van der Waals surface area contributed by atoms with Gasteiger partial charge in [0.15, 0.2) is 0 Å². The number of amides is 1. The van der Waals surface area contributed by atoms with Gasteiger partial charge >= 0.3 is 0 Å². The van der Waals surface area contributed by atoms with E-state index in [1.807, 2.05) is 42.5 Å². The predicted molar refractivity (Wildman–Crippen MR) is 85.1 cm³/mol. The highest BCUT2D eigenvalue weighted by molar-refractivity contribution is 6.39. The fourth-order valence-corrected chi connectivity index (χ4v) is 3.23. The molecule has 4 heteroatoms.